The van der Waals surface area contributed by atoms with Gasteiger partial charge in [0, 0.05) is 24.1 Å². The van der Waals surface area contributed by atoms with Crippen molar-refractivity contribution in [2.24, 2.45) is 0 Å². The number of rotatable bonds is 4. The highest BCUT2D eigenvalue weighted by molar-refractivity contribution is 5.94. The van der Waals surface area contributed by atoms with Gasteiger partial charge in [-0.05, 0) is 35.9 Å². The van der Waals surface area contributed by atoms with Gasteiger partial charge in [0.2, 0.25) is 5.91 Å². The van der Waals surface area contributed by atoms with Gasteiger partial charge in [0.15, 0.2) is 0 Å². The van der Waals surface area contributed by atoms with Crippen molar-refractivity contribution < 1.29 is 9.53 Å². The van der Waals surface area contributed by atoms with Crippen molar-refractivity contribution in [2.75, 3.05) is 11.1 Å². The van der Waals surface area contributed by atoms with E-state index in [1.54, 1.807) is 12.3 Å². The first-order valence-electron chi connectivity index (χ1n) is 8.38. The molecule has 0 spiro atoms. The number of nitrogen functional groups attached to an aromatic ring is 1. The molecule has 0 radical (unpaired) electrons. The summed E-state index contributed by atoms with van der Waals surface area (Å²) >= 11 is 0. The number of nitrogens with one attached hydrogen (secondary N) is 1. The van der Waals surface area contributed by atoms with Crippen molar-refractivity contribution in [3.8, 4) is 5.75 Å². The molecule has 3 heterocycles. The maximum absolute atomic E-state index is 12.1. The first kappa shape index (κ1) is 16.1. The van der Waals surface area contributed by atoms with Gasteiger partial charge in [-0.25, -0.2) is 4.98 Å². The molecule has 1 unspecified atom stereocenters. The molecule has 1 aliphatic rings. The zero-order valence-corrected chi connectivity index (χ0v) is 14.1. The lowest BCUT2D eigenvalue weighted by Crippen LogP contribution is -2.24. The van der Waals surface area contributed by atoms with Gasteiger partial charge in [-0.1, -0.05) is 24.3 Å². The molecular weight excluding hydrogens is 328 g/mol. The molecule has 1 amide bonds. The monoisotopic (exact) mass is 346 g/mol. The first-order valence-corrected chi connectivity index (χ1v) is 8.38. The number of aromatic nitrogens is 2. The van der Waals surface area contributed by atoms with Crippen molar-refractivity contribution in [3.05, 3.63) is 77.6 Å². The summed E-state index contributed by atoms with van der Waals surface area (Å²) in [6.07, 6.45) is 2.10. The Bertz CT molecular complexity index is 944. The lowest BCUT2D eigenvalue weighted by Gasteiger charge is -2.25. The zero-order chi connectivity index (χ0) is 17.9. The molecule has 1 atom stereocenters. The second-order valence-electron chi connectivity index (χ2n) is 6.16. The van der Waals surface area contributed by atoms with Gasteiger partial charge in [-0.15, -0.1) is 0 Å². The van der Waals surface area contributed by atoms with Crippen molar-refractivity contribution in [3.63, 3.8) is 0 Å². The van der Waals surface area contributed by atoms with E-state index in [2.05, 4.69) is 15.3 Å². The van der Waals surface area contributed by atoms with E-state index in [-0.39, 0.29) is 11.8 Å². The molecule has 0 saturated heterocycles. The number of benzene rings is 1. The Balaban J connectivity index is 1.59. The average Bonchev–Trinajstić information content (AvgIpc) is 2.66. The lowest BCUT2D eigenvalue weighted by atomic mass is 9.86. The van der Waals surface area contributed by atoms with Gasteiger partial charge in [0.05, 0.1) is 5.69 Å². The summed E-state index contributed by atoms with van der Waals surface area (Å²) in [4.78, 5) is 20.6. The highest BCUT2D eigenvalue weighted by Gasteiger charge is 2.27. The molecule has 3 N–H and O–H groups in total. The van der Waals surface area contributed by atoms with Gasteiger partial charge in [0.25, 0.3) is 0 Å². The van der Waals surface area contributed by atoms with E-state index in [0.29, 0.717) is 24.7 Å². The van der Waals surface area contributed by atoms with Gasteiger partial charge in [-0.3, -0.25) is 9.78 Å². The SMILES string of the molecule is Nc1ccc2c(n1)NC(=O)CC2c1cccc(OCc2ccccn2)c1. The number of amides is 1. The number of hydrogen-bond donors (Lipinski definition) is 2. The molecule has 0 bridgehead atoms. The minimum Gasteiger partial charge on any atom is -0.487 e. The van der Waals surface area contributed by atoms with Crippen molar-refractivity contribution in [1.29, 1.82) is 0 Å². The van der Waals surface area contributed by atoms with E-state index in [1.165, 1.54) is 0 Å². The standard InChI is InChI=1S/C20H18N4O2/c21-18-8-7-16-17(11-19(25)24-20(16)23-18)13-4-3-6-15(10-13)26-12-14-5-1-2-9-22-14/h1-10,17H,11-12H2,(H3,21,23,24,25). The van der Waals surface area contributed by atoms with Crippen LogP contribution < -0.4 is 15.8 Å². The number of carbonyl (C=O) groups excluding carboxylic acids is 1. The van der Waals surface area contributed by atoms with Crippen LogP contribution in [0, 0.1) is 0 Å². The van der Waals surface area contributed by atoms with E-state index >= 15 is 0 Å². The smallest absolute Gasteiger partial charge is 0.226 e. The van der Waals surface area contributed by atoms with Gasteiger partial charge >= 0.3 is 0 Å². The van der Waals surface area contributed by atoms with Crippen LogP contribution in [-0.4, -0.2) is 15.9 Å². The van der Waals surface area contributed by atoms with Crippen LogP contribution in [0.1, 0.15) is 29.2 Å². The average molecular weight is 346 g/mol. The summed E-state index contributed by atoms with van der Waals surface area (Å²) in [7, 11) is 0. The summed E-state index contributed by atoms with van der Waals surface area (Å²) < 4.78 is 5.86. The Kier molecular flexibility index (Phi) is 4.23. The minimum atomic E-state index is -0.0785. The summed E-state index contributed by atoms with van der Waals surface area (Å²) in [5, 5.41) is 2.79. The fourth-order valence-electron chi connectivity index (χ4n) is 3.10. The van der Waals surface area contributed by atoms with Crippen molar-refractivity contribution in [2.45, 2.75) is 18.9 Å². The van der Waals surface area contributed by atoms with E-state index in [0.717, 1.165) is 22.6 Å². The first-order chi connectivity index (χ1) is 12.7. The van der Waals surface area contributed by atoms with Crippen molar-refractivity contribution in [1.82, 2.24) is 9.97 Å². The zero-order valence-electron chi connectivity index (χ0n) is 14.1. The summed E-state index contributed by atoms with van der Waals surface area (Å²) in [6, 6.07) is 17.2. The number of hydrogen-bond acceptors (Lipinski definition) is 5. The van der Waals surface area contributed by atoms with Gasteiger partial charge in [-0.2, -0.15) is 0 Å². The highest BCUT2D eigenvalue weighted by Crippen LogP contribution is 2.37. The van der Waals surface area contributed by atoms with E-state index in [1.807, 2.05) is 48.5 Å². The Morgan fingerprint density at radius 2 is 2.08 bits per heavy atom. The highest BCUT2D eigenvalue weighted by atomic mass is 16.5. The largest absolute Gasteiger partial charge is 0.487 e. The molecule has 6 heteroatoms. The van der Waals surface area contributed by atoms with E-state index < -0.39 is 0 Å². The molecule has 0 aliphatic carbocycles. The van der Waals surface area contributed by atoms with Crippen LogP contribution in [0.2, 0.25) is 0 Å². The predicted molar refractivity (Wildman–Crippen MR) is 98.8 cm³/mol. The molecule has 130 valence electrons. The summed E-state index contributed by atoms with van der Waals surface area (Å²) in [5.74, 6) is 1.51. The molecular formula is C20H18N4O2. The number of fused-ring (bicyclic) bond motifs is 1. The molecule has 1 aromatic carbocycles. The van der Waals surface area contributed by atoms with Crippen LogP contribution in [0.25, 0.3) is 0 Å². The van der Waals surface area contributed by atoms with Gasteiger partial charge < -0.3 is 15.8 Å². The second-order valence-corrected chi connectivity index (χ2v) is 6.16. The Morgan fingerprint density at radius 1 is 1.15 bits per heavy atom. The number of pyridine rings is 2. The minimum absolute atomic E-state index is 0.0691. The number of nitrogens with two attached hydrogens (primary N) is 1. The maximum atomic E-state index is 12.1. The number of ether oxygens (including phenoxy) is 1. The normalized spacial score (nSPS) is 15.8. The molecule has 4 rings (SSSR count). The second kappa shape index (κ2) is 6.84. The van der Waals surface area contributed by atoms with Crippen LogP contribution >= 0.6 is 0 Å². The van der Waals surface area contributed by atoms with Gasteiger partial charge in [0.1, 0.15) is 24.0 Å². The van der Waals surface area contributed by atoms with Crippen LogP contribution in [0.15, 0.2) is 60.8 Å². The summed E-state index contributed by atoms with van der Waals surface area (Å²) in [5.41, 5.74) is 8.57. The quantitative estimate of drug-likeness (QED) is 0.757. The number of carbonyl (C=O) groups is 1. The third kappa shape index (κ3) is 3.35. The predicted octanol–water partition coefficient (Wildman–Crippen LogP) is 3.11. The molecule has 26 heavy (non-hydrogen) atoms. The number of nitrogens with zero attached hydrogens (tertiary/aromatic N) is 2. The topological polar surface area (TPSA) is 90.1 Å². The Hall–Kier alpha value is -3.41. The lowest BCUT2D eigenvalue weighted by molar-refractivity contribution is -0.116. The van der Waals surface area contributed by atoms with E-state index in [4.69, 9.17) is 10.5 Å². The van der Waals surface area contributed by atoms with Crippen LogP contribution in [0.5, 0.6) is 5.75 Å². The molecule has 3 aromatic rings. The Morgan fingerprint density at radius 3 is 2.92 bits per heavy atom. The third-order valence-electron chi connectivity index (χ3n) is 4.34. The summed E-state index contributed by atoms with van der Waals surface area (Å²) in [6.45, 7) is 0.393. The van der Waals surface area contributed by atoms with E-state index in [9.17, 15) is 4.79 Å². The third-order valence-corrected chi connectivity index (χ3v) is 4.34. The fraction of sp³-hybridized carbons (Fsp3) is 0.150. The number of anilines is 2. The van der Waals surface area contributed by atoms with Crippen LogP contribution in [0.4, 0.5) is 11.6 Å². The Labute approximate surface area is 151 Å². The molecule has 6 nitrogen and oxygen atoms in total. The van der Waals surface area contributed by atoms with Crippen LogP contribution in [0.3, 0.4) is 0 Å². The molecule has 0 saturated carbocycles. The van der Waals surface area contributed by atoms with Crippen molar-refractivity contribution >= 4 is 17.5 Å². The molecule has 2 aromatic heterocycles. The van der Waals surface area contributed by atoms with Crippen LogP contribution in [-0.2, 0) is 11.4 Å². The fourth-order valence-corrected chi connectivity index (χ4v) is 3.10. The molecule has 1 aliphatic heterocycles. The molecule has 0 fully saturated rings. The maximum Gasteiger partial charge on any atom is 0.226 e.